The summed E-state index contributed by atoms with van der Waals surface area (Å²) in [4.78, 5) is 20.4. The van der Waals surface area contributed by atoms with Crippen molar-refractivity contribution in [1.29, 1.82) is 0 Å². The maximum atomic E-state index is 12.4. The van der Waals surface area contributed by atoms with Crippen molar-refractivity contribution in [2.24, 2.45) is 0 Å². The van der Waals surface area contributed by atoms with Crippen LogP contribution in [0.2, 0.25) is 0 Å². The highest BCUT2D eigenvalue weighted by molar-refractivity contribution is 8.00. The molecule has 1 heterocycles. The largest absolute Gasteiger partial charge is 0.446 e. The van der Waals surface area contributed by atoms with E-state index in [4.69, 9.17) is 0 Å². The Balaban J connectivity index is 2.22. The molecule has 1 atom stereocenters. The van der Waals surface area contributed by atoms with Crippen LogP contribution in [0.25, 0.3) is 0 Å². The highest BCUT2D eigenvalue weighted by atomic mass is 32.2. The van der Waals surface area contributed by atoms with Gasteiger partial charge in [0.15, 0.2) is 19.7 Å². The van der Waals surface area contributed by atoms with Gasteiger partial charge in [0.05, 0.1) is 16.4 Å². The number of nitro groups is 1. The number of alkyl halides is 3. The number of amides is 1. The predicted octanol–water partition coefficient (Wildman–Crippen LogP) is 1.28. The first-order valence-corrected chi connectivity index (χ1v) is 11.7. The molecule has 1 aliphatic rings. The maximum absolute atomic E-state index is 12.4. The summed E-state index contributed by atoms with van der Waals surface area (Å²) in [6, 6.07) is 1.08. The molecule has 28 heavy (non-hydrogen) atoms. The van der Waals surface area contributed by atoms with E-state index >= 15 is 0 Å². The second kappa shape index (κ2) is 7.87. The van der Waals surface area contributed by atoms with Gasteiger partial charge in [-0.15, -0.1) is 0 Å². The Morgan fingerprint density at radius 3 is 2.50 bits per heavy atom. The first kappa shape index (κ1) is 22.4. The van der Waals surface area contributed by atoms with Crippen molar-refractivity contribution in [3.63, 3.8) is 0 Å². The van der Waals surface area contributed by atoms with Crippen molar-refractivity contribution >= 4 is 43.0 Å². The first-order chi connectivity index (χ1) is 12.7. The number of hydrogen-bond donors (Lipinski definition) is 1. The third-order valence-corrected chi connectivity index (χ3v) is 7.76. The van der Waals surface area contributed by atoms with Gasteiger partial charge in [-0.2, -0.15) is 13.2 Å². The number of carbonyl (C=O) groups excluding carboxylic acids is 1. The summed E-state index contributed by atoms with van der Waals surface area (Å²) in [6.45, 7) is 0. The van der Waals surface area contributed by atoms with Crippen LogP contribution in [-0.4, -0.2) is 56.5 Å². The molecule has 0 unspecified atom stereocenters. The Bertz CT molecular complexity index is 1010. The zero-order valence-electron chi connectivity index (χ0n) is 13.8. The molecule has 1 amide bonds. The normalized spacial score (nSPS) is 19.3. The Morgan fingerprint density at radius 2 is 2.00 bits per heavy atom. The van der Waals surface area contributed by atoms with E-state index in [1.54, 1.807) is 0 Å². The fraction of sp³-hybridized carbons (Fsp3) is 0.462. The average molecular weight is 462 g/mol. The standard InChI is InChI=1S/C13H13F3N2O7S3/c14-13(15,16)26-9-1-2-11(10(5-9)18(20)21)28(24,25)7-12(19)17-8-3-4-27(22,23)6-8/h1-2,5,8H,3-4,6-7H2,(H,17,19)/t8-/m0/s1. The smallest absolute Gasteiger partial charge is 0.351 e. The molecule has 156 valence electrons. The van der Waals surface area contributed by atoms with Gasteiger partial charge >= 0.3 is 5.51 Å². The highest BCUT2D eigenvalue weighted by Crippen LogP contribution is 2.39. The van der Waals surface area contributed by atoms with Crippen LogP contribution in [0.1, 0.15) is 6.42 Å². The van der Waals surface area contributed by atoms with Crippen molar-refractivity contribution in [2.75, 3.05) is 17.3 Å². The van der Waals surface area contributed by atoms with E-state index in [0.717, 1.165) is 6.07 Å². The second-order valence-corrected chi connectivity index (χ2v) is 11.2. The molecule has 0 aliphatic carbocycles. The summed E-state index contributed by atoms with van der Waals surface area (Å²) in [5, 5.41) is 13.3. The minimum Gasteiger partial charge on any atom is -0.351 e. The Hall–Kier alpha value is -1.87. The molecule has 2 rings (SSSR count). The molecule has 0 aromatic heterocycles. The van der Waals surface area contributed by atoms with E-state index in [-0.39, 0.29) is 17.9 Å². The van der Waals surface area contributed by atoms with E-state index < -0.39 is 75.0 Å². The quantitative estimate of drug-likeness (QED) is 0.379. The summed E-state index contributed by atoms with van der Waals surface area (Å²) in [6.07, 6.45) is 0.109. The monoisotopic (exact) mass is 462 g/mol. The highest BCUT2D eigenvalue weighted by Gasteiger charge is 2.34. The second-order valence-electron chi connectivity index (χ2n) is 5.86. The van der Waals surface area contributed by atoms with Gasteiger partial charge in [0.1, 0.15) is 10.6 Å². The van der Waals surface area contributed by atoms with Gasteiger partial charge in [-0.25, -0.2) is 16.8 Å². The Morgan fingerprint density at radius 1 is 1.36 bits per heavy atom. The number of nitrogens with zero attached hydrogens (tertiary/aromatic N) is 1. The number of rotatable bonds is 6. The Labute approximate surface area is 161 Å². The van der Waals surface area contributed by atoms with Crippen molar-refractivity contribution in [3.8, 4) is 0 Å². The fourth-order valence-electron chi connectivity index (χ4n) is 2.53. The first-order valence-electron chi connectivity index (χ1n) is 7.45. The summed E-state index contributed by atoms with van der Waals surface area (Å²) in [7, 11) is -7.88. The predicted molar refractivity (Wildman–Crippen MR) is 92.3 cm³/mol. The number of benzene rings is 1. The molecular weight excluding hydrogens is 449 g/mol. The number of sulfone groups is 2. The van der Waals surface area contributed by atoms with Crippen molar-refractivity contribution in [3.05, 3.63) is 28.3 Å². The van der Waals surface area contributed by atoms with Gasteiger partial charge in [0.2, 0.25) is 5.91 Å². The van der Waals surface area contributed by atoms with Gasteiger partial charge < -0.3 is 5.32 Å². The van der Waals surface area contributed by atoms with E-state index in [1.165, 1.54) is 0 Å². The summed E-state index contributed by atoms with van der Waals surface area (Å²) in [5.74, 6) is -2.78. The van der Waals surface area contributed by atoms with Crippen LogP contribution in [0.5, 0.6) is 0 Å². The lowest BCUT2D eigenvalue weighted by atomic mass is 10.3. The molecule has 0 saturated carbocycles. The molecule has 1 fully saturated rings. The number of thioether (sulfide) groups is 1. The minimum absolute atomic E-state index is 0.109. The third-order valence-electron chi connectivity index (χ3n) is 3.61. The van der Waals surface area contributed by atoms with Crippen LogP contribution in [0, 0.1) is 10.1 Å². The summed E-state index contributed by atoms with van der Waals surface area (Å²) < 4.78 is 84.6. The van der Waals surface area contributed by atoms with Gasteiger partial charge in [0, 0.05) is 17.0 Å². The van der Waals surface area contributed by atoms with E-state index in [9.17, 15) is 44.9 Å². The number of carbonyl (C=O) groups is 1. The molecule has 1 saturated heterocycles. The van der Waals surface area contributed by atoms with Crippen molar-refractivity contribution in [2.45, 2.75) is 27.8 Å². The zero-order chi connectivity index (χ0) is 21.3. The van der Waals surface area contributed by atoms with Crippen LogP contribution in [-0.2, 0) is 24.5 Å². The number of nitro benzene ring substituents is 1. The minimum atomic E-state index is -4.73. The van der Waals surface area contributed by atoms with Gasteiger partial charge in [-0.05, 0) is 30.3 Å². The molecule has 1 aromatic carbocycles. The van der Waals surface area contributed by atoms with Crippen molar-refractivity contribution < 1.29 is 39.7 Å². The molecular formula is C13H13F3N2O7S3. The number of hydrogen-bond acceptors (Lipinski definition) is 8. The Kier molecular flexibility index (Phi) is 6.30. The van der Waals surface area contributed by atoms with E-state index in [1.807, 2.05) is 0 Å². The molecule has 1 aliphatic heterocycles. The molecule has 0 spiro atoms. The maximum Gasteiger partial charge on any atom is 0.446 e. The topological polar surface area (TPSA) is 141 Å². The fourth-order valence-corrected chi connectivity index (χ4v) is 6.09. The summed E-state index contributed by atoms with van der Waals surface area (Å²) >= 11 is -0.649. The molecule has 9 nitrogen and oxygen atoms in total. The molecule has 1 aromatic rings. The molecule has 1 N–H and O–H groups in total. The third kappa shape index (κ3) is 6.07. The van der Waals surface area contributed by atoms with Gasteiger partial charge in [-0.3, -0.25) is 14.9 Å². The van der Waals surface area contributed by atoms with Gasteiger partial charge in [-0.1, -0.05) is 0 Å². The molecule has 15 heteroatoms. The number of nitrogens with one attached hydrogen (secondary N) is 1. The van der Waals surface area contributed by atoms with Crippen molar-refractivity contribution in [1.82, 2.24) is 5.32 Å². The van der Waals surface area contributed by atoms with Crippen LogP contribution >= 0.6 is 11.8 Å². The van der Waals surface area contributed by atoms with Crippen LogP contribution in [0.15, 0.2) is 28.0 Å². The molecule has 0 radical (unpaired) electrons. The summed E-state index contributed by atoms with van der Waals surface area (Å²) in [5.41, 5.74) is -5.82. The van der Waals surface area contributed by atoms with E-state index in [0.29, 0.717) is 12.1 Å². The lowest BCUT2D eigenvalue weighted by molar-refractivity contribution is -0.388. The van der Waals surface area contributed by atoms with E-state index in [2.05, 4.69) is 5.32 Å². The molecule has 0 bridgehead atoms. The lowest BCUT2D eigenvalue weighted by Gasteiger charge is -2.12. The average Bonchev–Trinajstić information content (AvgIpc) is 2.83. The van der Waals surface area contributed by atoms with Gasteiger partial charge in [0.25, 0.3) is 5.69 Å². The lowest BCUT2D eigenvalue weighted by Crippen LogP contribution is -2.39. The van der Waals surface area contributed by atoms with Crippen LogP contribution < -0.4 is 5.32 Å². The SMILES string of the molecule is O=C(CS(=O)(=O)c1ccc(SC(F)(F)F)cc1[N+](=O)[O-])N[C@H]1CCS(=O)(=O)C1. The number of halogens is 3. The zero-order valence-corrected chi connectivity index (χ0v) is 16.3. The van der Waals surface area contributed by atoms with Crippen LogP contribution in [0.3, 0.4) is 0 Å². The van der Waals surface area contributed by atoms with Crippen LogP contribution in [0.4, 0.5) is 18.9 Å².